The fraction of sp³-hybridized carbons (Fsp3) is 0.103. The van der Waals surface area contributed by atoms with Gasteiger partial charge in [0.1, 0.15) is 17.3 Å². The second kappa shape index (κ2) is 12.5. The molecule has 4 rings (SSSR count). The summed E-state index contributed by atoms with van der Waals surface area (Å²) in [7, 11) is -3.74. The lowest BCUT2D eigenvalue weighted by atomic mass is 10.1. The second-order valence-corrected chi connectivity index (χ2v) is 11.7. The molecule has 11 heteroatoms. The first-order chi connectivity index (χ1) is 19.0. The fourth-order valence-electron chi connectivity index (χ4n) is 3.79. The molecule has 0 spiro atoms. The molecule has 0 fully saturated rings. The predicted octanol–water partition coefficient (Wildman–Crippen LogP) is 6.82. The number of nitrogens with one attached hydrogen (secondary N) is 1. The van der Waals surface area contributed by atoms with Crippen molar-refractivity contribution in [2.75, 3.05) is 11.1 Å². The Balaban J connectivity index is 1.50. The third-order valence-electron chi connectivity index (χ3n) is 5.81. The number of carbonyl (C=O) groups excluding carboxylic acids is 1. The molecule has 0 heterocycles. The third-order valence-corrected chi connectivity index (χ3v) is 8.29. The highest BCUT2D eigenvalue weighted by Gasteiger charge is 2.17. The average molecular weight is 602 g/mol. The zero-order chi connectivity index (χ0) is 28.9. The lowest BCUT2D eigenvalue weighted by molar-refractivity contribution is -0.136. The molecule has 1 amide bonds. The molecule has 2 N–H and O–H groups in total. The van der Waals surface area contributed by atoms with E-state index in [1.807, 2.05) is 0 Å². The molecular formula is C29H22Cl2FNO6S. The van der Waals surface area contributed by atoms with Crippen molar-refractivity contribution < 1.29 is 32.2 Å². The van der Waals surface area contributed by atoms with Gasteiger partial charge in [-0.25, -0.2) is 12.8 Å². The van der Waals surface area contributed by atoms with Crippen LogP contribution in [0, 0.1) is 5.82 Å². The molecule has 0 aliphatic heterocycles. The van der Waals surface area contributed by atoms with Crippen LogP contribution in [0.15, 0.2) is 89.8 Å². The molecule has 0 atom stereocenters. The molecule has 0 unspecified atom stereocenters. The molecule has 0 saturated heterocycles. The molecule has 0 radical (unpaired) electrons. The van der Waals surface area contributed by atoms with Crippen LogP contribution in [-0.4, -0.2) is 31.2 Å². The quantitative estimate of drug-likeness (QED) is 0.193. The number of benzene rings is 4. The van der Waals surface area contributed by atoms with Gasteiger partial charge in [0.05, 0.1) is 27.1 Å². The zero-order valence-corrected chi connectivity index (χ0v) is 23.1. The van der Waals surface area contributed by atoms with Gasteiger partial charge in [-0.1, -0.05) is 35.3 Å². The van der Waals surface area contributed by atoms with E-state index in [-0.39, 0.29) is 34.4 Å². The maximum atomic E-state index is 13.2. The Kier molecular flexibility index (Phi) is 9.09. The molecular weight excluding hydrogens is 580 g/mol. The van der Waals surface area contributed by atoms with Crippen molar-refractivity contribution in [1.82, 2.24) is 0 Å². The molecule has 0 saturated carbocycles. The van der Waals surface area contributed by atoms with Gasteiger partial charge in [-0.2, -0.15) is 0 Å². The Morgan fingerprint density at radius 3 is 2.23 bits per heavy atom. The summed E-state index contributed by atoms with van der Waals surface area (Å²) in [4.78, 5) is 23.7. The first-order valence-corrected chi connectivity index (χ1v) is 14.3. The number of aliphatic carboxylic acids is 1. The highest BCUT2D eigenvalue weighted by Crippen LogP contribution is 2.29. The molecule has 4 aromatic rings. The largest absolute Gasteiger partial charge is 0.481 e. The Labute approximate surface area is 240 Å². The van der Waals surface area contributed by atoms with Gasteiger partial charge in [-0.05, 0) is 90.3 Å². The number of hydrogen-bond donors (Lipinski definition) is 2. The summed E-state index contributed by atoms with van der Waals surface area (Å²) in [6.45, 7) is 0. The van der Waals surface area contributed by atoms with Crippen LogP contribution in [0.2, 0.25) is 10.0 Å². The van der Waals surface area contributed by atoms with Crippen molar-refractivity contribution in [2.45, 2.75) is 17.7 Å². The van der Waals surface area contributed by atoms with E-state index in [0.29, 0.717) is 38.9 Å². The lowest BCUT2D eigenvalue weighted by Gasteiger charge is -2.14. The number of halogens is 3. The van der Waals surface area contributed by atoms with Gasteiger partial charge in [0, 0.05) is 11.3 Å². The highest BCUT2D eigenvalue weighted by atomic mass is 35.5. The van der Waals surface area contributed by atoms with Crippen molar-refractivity contribution in [2.24, 2.45) is 0 Å². The summed E-state index contributed by atoms with van der Waals surface area (Å²) >= 11 is 11.9. The minimum Gasteiger partial charge on any atom is -0.481 e. The summed E-state index contributed by atoms with van der Waals surface area (Å²) in [6, 6.07) is 20.3. The van der Waals surface area contributed by atoms with Crippen molar-refractivity contribution in [3.05, 3.63) is 117 Å². The molecule has 40 heavy (non-hydrogen) atoms. The molecule has 0 aliphatic carbocycles. The van der Waals surface area contributed by atoms with Crippen LogP contribution < -0.4 is 10.1 Å². The van der Waals surface area contributed by atoms with E-state index in [4.69, 9.17) is 27.9 Å². The average Bonchev–Trinajstić information content (AvgIpc) is 2.91. The van der Waals surface area contributed by atoms with Crippen molar-refractivity contribution in [1.29, 1.82) is 0 Å². The van der Waals surface area contributed by atoms with E-state index in [1.54, 1.807) is 48.5 Å². The summed E-state index contributed by atoms with van der Waals surface area (Å²) in [5, 5.41) is 12.5. The number of carboxylic acids is 1. The first kappa shape index (κ1) is 29.1. The number of ether oxygens (including phenoxy) is 1. The Bertz CT molecular complexity index is 1660. The van der Waals surface area contributed by atoms with Gasteiger partial charge >= 0.3 is 5.97 Å². The Morgan fingerprint density at radius 1 is 0.875 bits per heavy atom. The minimum atomic E-state index is -3.74. The molecule has 0 bridgehead atoms. The monoisotopic (exact) mass is 601 g/mol. The summed E-state index contributed by atoms with van der Waals surface area (Å²) in [6.07, 6.45) is -0.217. The van der Waals surface area contributed by atoms with Gasteiger partial charge < -0.3 is 15.2 Å². The van der Waals surface area contributed by atoms with E-state index in [1.165, 1.54) is 24.3 Å². The van der Waals surface area contributed by atoms with Gasteiger partial charge in [-0.3, -0.25) is 9.59 Å². The minimum absolute atomic E-state index is 0.0171. The maximum absolute atomic E-state index is 13.2. The van der Waals surface area contributed by atoms with Gasteiger partial charge in [0.25, 0.3) is 5.91 Å². The van der Waals surface area contributed by atoms with Crippen LogP contribution in [0.1, 0.15) is 21.5 Å². The van der Waals surface area contributed by atoms with Gasteiger partial charge in [0.2, 0.25) is 0 Å². The highest BCUT2D eigenvalue weighted by molar-refractivity contribution is 7.91. The van der Waals surface area contributed by atoms with Crippen LogP contribution in [0.5, 0.6) is 11.5 Å². The second-order valence-electron chi connectivity index (χ2n) is 8.74. The fourth-order valence-corrected chi connectivity index (χ4v) is 5.36. The molecule has 0 aliphatic rings. The van der Waals surface area contributed by atoms with Crippen LogP contribution in [0.4, 0.5) is 10.1 Å². The standard InChI is InChI=1S/C29H22Cl2FNO6S/c30-25-11-2-20(17-26(25)31)29(36)33-22-5-7-23(8-6-22)39-27-12-1-18(16-28(34)35)15-19(27)13-14-40(37,38)24-9-3-21(32)4-10-24/h1-12,15,17H,13-14,16H2,(H,33,36)(H,34,35). The number of rotatable bonds is 10. The van der Waals surface area contributed by atoms with Gasteiger partial charge in [-0.15, -0.1) is 0 Å². The summed E-state index contributed by atoms with van der Waals surface area (Å²) < 4.78 is 44.8. The molecule has 0 aromatic heterocycles. The number of aryl methyl sites for hydroxylation is 1. The van der Waals surface area contributed by atoms with Crippen molar-refractivity contribution >= 4 is 50.6 Å². The van der Waals surface area contributed by atoms with Crippen LogP contribution in [0.3, 0.4) is 0 Å². The van der Waals surface area contributed by atoms with Gasteiger partial charge in [0.15, 0.2) is 9.84 Å². The number of hydrogen-bond acceptors (Lipinski definition) is 5. The molecule has 4 aromatic carbocycles. The Hall–Kier alpha value is -3.92. The number of carboxylic acid groups (broad SMARTS) is 1. The topological polar surface area (TPSA) is 110 Å². The zero-order valence-electron chi connectivity index (χ0n) is 20.7. The van der Waals surface area contributed by atoms with E-state index in [0.717, 1.165) is 12.1 Å². The van der Waals surface area contributed by atoms with E-state index >= 15 is 0 Å². The molecule has 206 valence electrons. The van der Waals surface area contributed by atoms with Crippen LogP contribution >= 0.6 is 23.2 Å². The SMILES string of the molecule is O=C(O)Cc1ccc(Oc2ccc(NC(=O)c3ccc(Cl)c(Cl)c3)cc2)c(CCS(=O)(=O)c2ccc(F)cc2)c1. The van der Waals surface area contributed by atoms with Crippen LogP contribution in [0.25, 0.3) is 0 Å². The molecule has 7 nitrogen and oxygen atoms in total. The number of sulfone groups is 1. The normalized spacial score (nSPS) is 11.2. The van der Waals surface area contributed by atoms with Crippen LogP contribution in [-0.2, 0) is 27.5 Å². The third kappa shape index (κ3) is 7.59. The number of anilines is 1. The Morgan fingerprint density at radius 2 is 1.57 bits per heavy atom. The first-order valence-electron chi connectivity index (χ1n) is 11.9. The van der Waals surface area contributed by atoms with Crippen molar-refractivity contribution in [3.63, 3.8) is 0 Å². The maximum Gasteiger partial charge on any atom is 0.307 e. The van der Waals surface area contributed by atoms with E-state index < -0.39 is 21.6 Å². The predicted molar refractivity (Wildman–Crippen MR) is 151 cm³/mol. The smallest absolute Gasteiger partial charge is 0.307 e. The summed E-state index contributed by atoms with van der Waals surface area (Å²) in [5.41, 5.74) is 1.79. The summed E-state index contributed by atoms with van der Waals surface area (Å²) in [5.74, 6) is -1.51. The lowest BCUT2D eigenvalue weighted by Crippen LogP contribution is -2.11. The van der Waals surface area contributed by atoms with Crippen molar-refractivity contribution in [3.8, 4) is 11.5 Å². The van der Waals surface area contributed by atoms with E-state index in [9.17, 15) is 27.5 Å². The number of carbonyl (C=O) groups is 2. The van der Waals surface area contributed by atoms with E-state index in [2.05, 4.69) is 5.32 Å². The number of amides is 1.